The van der Waals surface area contributed by atoms with Crippen LogP contribution in [0.2, 0.25) is 0 Å². The van der Waals surface area contributed by atoms with Crippen molar-refractivity contribution in [3.63, 3.8) is 0 Å². The Bertz CT molecular complexity index is 447. The first-order chi connectivity index (χ1) is 8.25. The van der Waals surface area contributed by atoms with Gasteiger partial charge in [-0.3, -0.25) is 0 Å². The van der Waals surface area contributed by atoms with E-state index in [0.717, 1.165) is 19.4 Å². The number of ether oxygens (including phenoxy) is 2. The zero-order valence-electron chi connectivity index (χ0n) is 9.26. The van der Waals surface area contributed by atoms with E-state index < -0.39 is 0 Å². The first-order valence-electron chi connectivity index (χ1n) is 5.75. The summed E-state index contributed by atoms with van der Waals surface area (Å²) in [5.74, 6) is 0.966. The zero-order chi connectivity index (χ0) is 11.8. The van der Waals surface area contributed by atoms with Gasteiger partial charge in [-0.1, -0.05) is 0 Å². The summed E-state index contributed by atoms with van der Waals surface area (Å²) in [7, 11) is 0. The quantitative estimate of drug-likeness (QED) is 0.911. The first kappa shape index (κ1) is 11.3. The topological polar surface area (TPSA) is 30.5 Å². The van der Waals surface area contributed by atoms with Crippen molar-refractivity contribution < 1.29 is 13.9 Å². The van der Waals surface area contributed by atoms with Gasteiger partial charge in [0.1, 0.15) is 5.82 Å². The van der Waals surface area contributed by atoms with Crippen LogP contribution >= 0.6 is 15.9 Å². The highest BCUT2D eigenvalue weighted by Crippen LogP contribution is 2.41. The Balaban J connectivity index is 1.96. The summed E-state index contributed by atoms with van der Waals surface area (Å²) in [6.45, 7) is 1.19. The molecule has 92 valence electrons. The third-order valence-electron chi connectivity index (χ3n) is 3.26. The molecule has 1 aromatic carbocycles. The molecule has 2 heterocycles. The van der Waals surface area contributed by atoms with Gasteiger partial charge >= 0.3 is 0 Å². The first-order valence-corrected chi connectivity index (χ1v) is 6.55. The number of hydrogen-bond donors (Lipinski definition) is 1. The molecular weight excluding hydrogens is 289 g/mol. The maximum Gasteiger partial charge on any atom is 0.231 e. The summed E-state index contributed by atoms with van der Waals surface area (Å²) >= 11 is 3.22. The molecule has 0 radical (unpaired) electrons. The molecule has 1 atom stereocenters. The monoisotopic (exact) mass is 301 g/mol. The van der Waals surface area contributed by atoms with Gasteiger partial charge in [0.05, 0.1) is 4.47 Å². The van der Waals surface area contributed by atoms with Gasteiger partial charge in [0.25, 0.3) is 0 Å². The Morgan fingerprint density at radius 3 is 3.12 bits per heavy atom. The van der Waals surface area contributed by atoms with Crippen molar-refractivity contribution in [1.82, 2.24) is 5.32 Å². The van der Waals surface area contributed by atoms with Crippen molar-refractivity contribution >= 4 is 15.9 Å². The SMILES string of the molecule is Fc1c(Br)cc2c(c1CC1CCCN1)OCO2. The molecule has 17 heavy (non-hydrogen) atoms. The predicted molar refractivity (Wildman–Crippen MR) is 65.0 cm³/mol. The van der Waals surface area contributed by atoms with Gasteiger partial charge in [-0.25, -0.2) is 4.39 Å². The summed E-state index contributed by atoms with van der Waals surface area (Å²) in [5.41, 5.74) is 0.617. The average molecular weight is 302 g/mol. The molecule has 2 aliphatic rings. The Morgan fingerprint density at radius 2 is 2.35 bits per heavy atom. The van der Waals surface area contributed by atoms with Crippen LogP contribution in [0, 0.1) is 5.82 Å². The molecule has 1 aromatic rings. The fourth-order valence-electron chi connectivity index (χ4n) is 2.41. The largest absolute Gasteiger partial charge is 0.454 e. The van der Waals surface area contributed by atoms with Gasteiger partial charge < -0.3 is 14.8 Å². The molecule has 0 aromatic heterocycles. The Labute approximate surface area is 107 Å². The minimum Gasteiger partial charge on any atom is -0.454 e. The molecule has 3 rings (SSSR count). The van der Waals surface area contributed by atoms with Gasteiger partial charge in [-0.15, -0.1) is 0 Å². The summed E-state index contributed by atoms with van der Waals surface area (Å²) < 4.78 is 25.2. The molecule has 5 heteroatoms. The second kappa shape index (κ2) is 4.46. The smallest absolute Gasteiger partial charge is 0.231 e. The van der Waals surface area contributed by atoms with Crippen LogP contribution in [0.1, 0.15) is 18.4 Å². The van der Waals surface area contributed by atoms with Crippen molar-refractivity contribution in [2.24, 2.45) is 0 Å². The Kier molecular flexibility index (Phi) is 2.96. The second-order valence-electron chi connectivity index (χ2n) is 4.38. The maximum absolute atomic E-state index is 14.1. The van der Waals surface area contributed by atoms with E-state index in [1.165, 1.54) is 0 Å². The molecule has 0 saturated carbocycles. The predicted octanol–water partition coefficient (Wildman–Crippen LogP) is 2.61. The van der Waals surface area contributed by atoms with Crippen molar-refractivity contribution in [1.29, 1.82) is 0 Å². The van der Waals surface area contributed by atoms with Gasteiger partial charge in [0, 0.05) is 17.7 Å². The molecule has 1 fully saturated rings. The lowest BCUT2D eigenvalue weighted by atomic mass is 10.0. The van der Waals surface area contributed by atoms with E-state index in [1.54, 1.807) is 6.07 Å². The lowest BCUT2D eigenvalue weighted by molar-refractivity contribution is 0.173. The van der Waals surface area contributed by atoms with Crippen molar-refractivity contribution in [2.75, 3.05) is 13.3 Å². The van der Waals surface area contributed by atoms with Crippen molar-refractivity contribution in [3.05, 3.63) is 21.9 Å². The van der Waals surface area contributed by atoms with E-state index >= 15 is 0 Å². The molecule has 0 aliphatic carbocycles. The maximum atomic E-state index is 14.1. The summed E-state index contributed by atoms with van der Waals surface area (Å²) in [5, 5.41) is 3.36. The number of hydrogen-bond acceptors (Lipinski definition) is 3. The van der Waals surface area contributed by atoms with Gasteiger partial charge in [-0.2, -0.15) is 0 Å². The molecule has 1 saturated heterocycles. The zero-order valence-corrected chi connectivity index (χ0v) is 10.8. The van der Waals surface area contributed by atoms with Crippen LogP contribution in [0.3, 0.4) is 0 Å². The van der Waals surface area contributed by atoms with Gasteiger partial charge in [-0.05, 0) is 41.7 Å². The second-order valence-corrected chi connectivity index (χ2v) is 5.24. The lowest BCUT2D eigenvalue weighted by Gasteiger charge is -2.13. The van der Waals surface area contributed by atoms with E-state index in [9.17, 15) is 4.39 Å². The fraction of sp³-hybridized carbons (Fsp3) is 0.500. The van der Waals surface area contributed by atoms with Crippen LogP contribution in [0.5, 0.6) is 11.5 Å². The summed E-state index contributed by atoms with van der Waals surface area (Å²) in [6, 6.07) is 1.97. The summed E-state index contributed by atoms with van der Waals surface area (Å²) in [6.07, 6.45) is 2.89. The van der Waals surface area contributed by atoms with E-state index in [0.29, 0.717) is 34.0 Å². The van der Waals surface area contributed by atoms with Gasteiger partial charge in [0.15, 0.2) is 11.5 Å². The van der Waals surface area contributed by atoms with Crippen molar-refractivity contribution in [3.8, 4) is 11.5 Å². The molecule has 1 unspecified atom stereocenters. The minimum absolute atomic E-state index is 0.177. The third-order valence-corrected chi connectivity index (χ3v) is 3.84. The average Bonchev–Trinajstić information content (AvgIpc) is 2.94. The molecular formula is C12H13BrFNO2. The Morgan fingerprint density at radius 1 is 1.47 bits per heavy atom. The van der Waals surface area contributed by atoms with Crippen LogP contribution in [0.4, 0.5) is 4.39 Å². The van der Waals surface area contributed by atoms with Crippen LogP contribution < -0.4 is 14.8 Å². The molecule has 0 amide bonds. The van der Waals surface area contributed by atoms with Crippen molar-refractivity contribution in [2.45, 2.75) is 25.3 Å². The minimum atomic E-state index is -0.233. The van der Waals surface area contributed by atoms with Crippen LogP contribution in [-0.4, -0.2) is 19.4 Å². The molecule has 2 aliphatic heterocycles. The number of rotatable bonds is 2. The summed E-state index contributed by atoms with van der Waals surface area (Å²) in [4.78, 5) is 0. The number of fused-ring (bicyclic) bond motifs is 1. The van der Waals surface area contributed by atoms with Crippen LogP contribution in [-0.2, 0) is 6.42 Å². The number of benzene rings is 1. The normalized spacial score (nSPS) is 22.1. The fourth-order valence-corrected chi connectivity index (χ4v) is 2.86. The molecule has 0 bridgehead atoms. The van der Waals surface area contributed by atoms with E-state index in [-0.39, 0.29) is 12.6 Å². The van der Waals surface area contributed by atoms with E-state index in [2.05, 4.69) is 21.2 Å². The highest BCUT2D eigenvalue weighted by molar-refractivity contribution is 9.10. The lowest BCUT2D eigenvalue weighted by Crippen LogP contribution is -2.24. The number of nitrogens with one attached hydrogen (secondary N) is 1. The van der Waals surface area contributed by atoms with Gasteiger partial charge in [0.2, 0.25) is 6.79 Å². The highest BCUT2D eigenvalue weighted by Gasteiger charge is 2.26. The standard InChI is InChI=1S/C12H13BrFNO2/c13-9-5-10-12(17-6-16-10)8(11(9)14)4-7-2-1-3-15-7/h5,7,15H,1-4,6H2. The molecule has 0 spiro atoms. The van der Waals surface area contributed by atoms with E-state index in [4.69, 9.17) is 9.47 Å². The van der Waals surface area contributed by atoms with Crippen LogP contribution in [0.15, 0.2) is 10.5 Å². The Hall–Kier alpha value is -0.810. The van der Waals surface area contributed by atoms with E-state index in [1.807, 2.05) is 0 Å². The van der Waals surface area contributed by atoms with Crippen LogP contribution in [0.25, 0.3) is 0 Å². The highest BCUT2D eigenvalue weighted by atomic mass is 79.9. The molecule has 1 N–H and O–H groups in total. The third kappa shape index (κ3) is 2.02. The number of halogens is 2. The molecule has 3 nitrogen and oxygen atoms in total.